The fourth-order valence-electron chi connectivity index (χ4n) is 4.31. The maximum Gasteiger partial charge on any atom is 0.213 e. The molecule has 4 rings (SSSR count). The normalized spacial score (nSPS) is 19.2. The van der Waals surface area contributed by atoms with Crippen molar-refractivity contribution in [2.45, 2.75) is 57.2 Å². The summed E-state index contributed by atoms with van der Waals surface area (Å²) in [5.74, 6) is 2.50. The summed E-state index contributed by atoms with van der Waals surface area (Å²) in [5, 5.41) is 6.84. The molecule has 7 nitrogen and oxygen atoms in total. The topological polar surface area (TPSA) is 74.9 Å². The number of rotatable bonds is 8. The van der Waals surface area contributed by atoms with Crippen LogP contribution in [-0.4, -0.2) is 48.6 Å². The van der Waals surface area contributed by atoms with Crippen LogP contribution in [0.2, 0.25) is 0 Å². The maximum absolute atomic E-state index is 5.94. The van der Waals surface area contributed by atoms with Crippen LogP contribution in [0.1, 0.15) is 55.9 Å². The molecule has 1 atom stereocenters. The lowest BCUT2D eigenvalue weighted by molar-refractivity contribution is 0.201. The fourth-order valence-corrected chi connectivity index (χ4v) is 4.31. The van der Waals surface area contributed by atoms with Crippen molar-refractivity contribution in [3.63, 3.8) is 0 Å². The molecule has 2 N–H and O–H groups in total. The van der Waals surface area contributed by atoms with Crippen molar-refractivity contribution in [2.75, 3.05) is 26.7 Å². The molecule has 0 spiro atoms. The number of aliphatic imine (C=N–C) groups is 1. The smallest absolute Gasteiger partial charge is 0.213 e. The van der Waals surface area contributed by atoms with Gasteiger partial charge >= 0.3 is 0 Å². The first-order valence-electron chi connectivity index (χ1n) is 11.2. The Morgan fingerprint density at radius 1 is 1.20 bits per heavy atom. The zero-order valence-electron chi connectivity index (χ0n) is 17.8. The Hall–Kier alpha value is -2.54. The second-order valence-corrected chi connectivity index (χ2v) is 8.11. The van der Waals surface area contributed by atoms with Gasteiger partial charge in [-0.2, -0.15) is 0 Å². The maximum atomic E-state index is 5.94. The fraction of sp³-hybridized carbons (Fsp3) is 0.565. The largest absolute Gasteiger partial charge is 0.474 e. The number of pyridine rings is 1. The number of hydrogen-bond donors (Lipinski definition) is 2. The molecule has 162 valence electrons. The minimum Gasteiger partial charge on any atom is -0.474 e. The van der Waals surface area contributed by atoms with Gasteiger partial charge in [0.25, 0.3) is 0 Å². The van der Waals surface area contributed by atoms with Crippen molar-refractivity contribution >= 4 is 5.96 Å². The predicted molar refractivity (Wildman–Crippen MR) is 118 cm³/mol. The van der Waals surface area contributed by atoms with Gasteiger partial charge in [-0.1, -0.05) is 6.07 Å². The van der Waals surface area contributed by atoms with Crippen LogP contribution in [0.15, 0.2) is 46.1 Å². The highest BCUT2D eigenvalue weighted by atomic mass is 16.5. The van der Waals surface area contributed by atoms with Gasteiger partial charge in [-0.3, -0.25) is 9.89 Å². The van der Waals surface area contributed by atoms with Gasteiger partial charge in [0, 0.05) is 32.4 Å². The van der Waals surface area contributed by atoms with Gasteiger partial charge in [0.2, 0.25) is 5.88 Å². The number of guanidine groups is 1. The lowest BCUT2D eigenvalue weighted by atomic mass is 10.2. The van der Waals surface area contributed by atoms with Gasteiger partial charge in [-0.05, 0) is 69.3 Å². The van der Waals surface area contributed by atoms with E-state index < -0.39 is 0 Å². The Bertz CT molecular complexity index is 778. The average Bonchev–Trinajstić information content (AvgIpc) is 3.56. The number of hydrogen-bond acceptors (Lipinski definition) is 5. The molecule has 1 aliphatic carbocycles. The van der Waals surface area contributed by atoms with Crippen LogP contribution in [0.4, 0.5) is 0 Å². The van der Waals surface area contributed by atoms with Gasteiger partial charge in [0.15, 0.2) is 5.96 Å². The van der Waals surface area contributed by atoms with Gasteiger partial charge in [-0.25, -0.2) is 4.98 Å². The Balaban J connectivity index is 1.27. The van der Waals surface area contributed by atoms with Crippen LogP contribution in [0.25, 0.3) is 0 Å². The zero-order chi connectivity index (χ0) is 20.6. The highest BCUT2D eigenvalue weighted by molar-refractivity contribution is 5.79. The lowest BCUT2D eigenvalue weighted by Crippen LogP contribution is -2.42. The van der Waals surface area contributed by atoms with Gasteiger partial charge in [-0.15, -0.1) is 0 Å². The van der Waals surface area contributed by atoms with Crippen molar-refractivity contribution in [1.82, 2.24) is 20.5 Å². The lowest BCUT2D eigenvalue weighted by Gasteiger charge is -2.26. The molecule has 2 aromatic rings. The molecule has 1 saturated carbocycles. The predicted octanol–water partition coefficient (Wildman–Crippen LogP) is 3.50. The summed E-state index contributed by atoms with van der Waals surface area (Å²) in [5.41, 5.74) is 1.10. The van der Waals surface area contributed by atoms with Gasteiger partial charge < -0.3 is 19.8 Å². The first kappa shape index (κ1) is 20.7. The highest BCUT2D eigenvalue weighted by Gasteiger charge is 2.25. The van der Waals surface area contributed by atoms with E-state index in [9.17, 15) is 0 Å². The van der Waals surface area contributed by atoms with E-state index >= 15 is 0 Å². The monoisotopic (exact) mass is 411 g/mol. The van der Waals surface area contributed by atoms with Gasteiger partial charge in [0.1, 0.15) is 11.9 Å². The number of nitrogens with zero attached hydrogens (tertiary/aromatic N) is 3. The first-order chi connectivity index (χ1) is 14.8. The van der Waals surface area contributed by atoms with E-state index in [0.29, 0.717) is 12.6 Å². The summed E-state index contributed by atoms with van der Waals surface area (Å²) in [7, 11) is 1.80. The van der Waals surface area contributed by atoms with Crippen molar-refractivity contribution in [2.24, 2.45) is 4.99 Å². The molecule has 2 aromatic heterocycles. The third-order valence-electron chi connectivity index (χ3n) is 5.99. The zero-order valence-corrected chi connectivity index (χ0v) is 17.8. The summed E-state index contributed by atoms with van der Waals surface area (Å²) in [6.45, 7) is 3.63. The number of furan rings is 1. The molecule has 2 aliphatic rings. The Kier molecular flexibility index (Phi) is 7.24. The molecule has 1 aliphatic heterocycles. The van der Waals surface area contributed by atoms with E-state index in [0.717, 1.165) is 55.6 Å². The van der Waals surface area contributed by atoms with E-state index in [1.54, 1.807) is 13.3 Å². The second-order valence-electron chi connectivity index (χ2n) is 8.11. The first-order valence-corrected chi connectivity index (χ1v) is 11.2. The summed E-state index contributed by atoms with van der Waals surface area (Å²) in [4.78, 5) is 11.3. The quantitative estimate of drug-likeness (QED) is 0.512. The molecule has 30 heavy (non-hydrogen) atoms. The SMILES string of the molecule is CN=C(NCc1ccc(OC2CCCC2)nc1)NCC(c1ccco1)N1CCCC1. The van der Waals surface area contributed by atoms with E-state index in [1.807, 2.05) is 18.3 Å². The van der Waals surface area contributed by atoms with Crippen LogP contribution in [0, 0.1) is 0 Å². The summed E-state index contributed by atoms with van der Waals surface area (Å²) < 4.78 is 11.6. The molecular weight excluding hydrogens is 378 g/mol. The van der Waals surface area contributed by atoms with Crippen LogP contribution in [0.3, 0.4) is 0 Å². The molecule has 3 heterocycles. The molecule has 0 bridgehead atoms. The second kappa shape index (κ2) is 10.5. The van der Waals surface area contributed by atoms with Crippen LogP contribution >= 0.6 is 0 Å². The van der Waals surface area contributed by atoms with E-state index in [-0.39, 0.29) is 6.04 Å². The Labute approximate surface area is 178 Å². The minimum absolute atomic E-state index is 0.217. The van der Waals surface area contributed by atoms with E-state index in [1.165, 1.54) is 25.7 Å². The third-order valence-corrected chi connectivity index (χ3v) is 5.99. The standard InChI is InChI=1S/C23H33N5O2/c1-24-23(27-17-20(21-9-6-14-29-21)28-12-4-5-13-28)26-16-18-10-11-22(25-15-18)30-19-7-2-3-8-19/h6,9-11,14-15,19-20H,2-5,7-8,12-13,16-17H2,1H3,(H2,24,26,27). The van der Waals surface area contributed by atoms with E-state index in [2.05, 4.69) is 37.6 Å². The van der Waals surface area contributed by atoms with E-state index in [4.69, 9.17) is 9.15 Å². The third kappa shape index (κ3) is 5.53. The number of aromatic nitrogens is 1. The average molecular weight is 412 g/mol. The van der Waals surface area contributed by atoms with Crippen molar-refractivity contribution < 1.29 is 9.15 Å². The molecular formula is C23H33N5O2. The Morgan fingerprint density at radius 3 is 2.70 bits per heavy atom. The Morgan fingerprint density at radius 2 is 2.03 bits per heavy atom. The summed E-state index contributed by atoms with van der Waals surface area (Å²) in [6, 6.07) is 8.26. The van der Waals surface area contributed by atoms with Gasteiger partial charge in [0.05, 0.1) is 12.3 Å². The number of nitrogens with one attached hydrogen (secondary N) is 2. The highest BCUT2D eigenvalue weighted by Crippen LogP contribution is 2.25. The minimum atomic E-state index is 0.217. The van der Waals surface area contributed by atoms with Crippen LogP contribution in [0.5, 0.6) is 5.88 Å². The molecule has 7 heteroatoms. The number of likely N-dealkylation sites (tertiary alicyclic amines) is 1. The molecule has 1 saturated heterocycles. The van der Waals surface area contributed by atoms with Crippen molar-refractivity contribution in [3.8, 4) is 5.88 Å². The van der Waals surface area contributed by atoms with Crippen molar-refractivity contribution in [1.29, 1.82) is 0 Å². The molecule has 0 radical (unpaired) electrons. The van der Waals surface area contributed by atoms with Crippen molar-refractivity contribution in [3.05, 3.63) is 48.0 Å². The van der Waals surface area contributed by atoms with Crippen LogP contribution in [-0.2, 0) is 6.54 Å². The molecule has 0 amide bonds. The molecule has 0 aromatic carbocycles. The summed E-state index contributed by atoms with van der Waals surface area (Å²) in [6.07, 6.45) is 11.3. The molecule has 2 fully saturated rings. The van der Waals surface area contributed by atoms with Crippen LogP contribution < -0.4 is 15.4 Å². The molecule has 1 unspecified atom stereocenters. The number of ether oxygens (including phenoxy) is 1. The summed E-state index contributed by atoms with van der Waals surface area (Å²) >= 11 is 0.